The van der Waals surface area contributed by atoms with Gasteiger partial charge >= 0.3 is 0 Å². The van der Waals surface area contributed by atoms with Crippen LogP contribution in [0.4, 0.5) is 4.39 Å². The van der Waals surface area contributed by atoms with Crippen LogP contribution in [0.15, 0.2) is 54.6 Å². The van der Waals surface area contributed by atoms with Crippen molar-refractivity contribution in [3.8, 4) is 22.6 Å². The minimum atomic E-state index is -0.640. The van der Waals surface area contributed by atoms with Crippen LogP contribution in [-0.2, 0) is 0 Å². The van der Waals surface area contributed by atoms with Crippen LogP contribution in [-0.4, -0.2) is 35.0 Å². The fraction of sp³-hybridized carbons (Fsp3) is 0.130. The van der Waals surface area contributed by atoms with Gasteiger partial charge in [-0.2, -0.15) is 0 Å². The van der Waals surface area contributed by atoms with E-state index in [1.807, 2.05) is 0 Å². The Balaban J connectivity index is 1.46. The van der Waals surface area contributed by atoms with Crippen molar-refractivity contribution < 1.29 is 23.8 Å². The van der Waals surface area contributed by atoms with Gasteiger partial charge in [-0.1, -0.05) is 41.4 Å². The van der Waals surface area contributed by atoms with E-state index in [4.69, 9.17) is 27.9 Å². The Morgan fingerprint density at radius 2 is 1.52 bits per heavy atom. The number of amides is 2. The van der Waals surface area contributed by atoms with Crippen LogP contribution >= 0.6 is 23.2 Å². The number of carbonyl (C=O) groups excluding carboxylic acids is 2. The van der Waals surface area contributed by atoms with Gasteiger partial charge in [0, 0.05) is 23.7 Å². The fourth-order valence-electron chi connectivity index (χ4n) is 3.48. The molecule has 0 spiro atoms. The first kappa shape index (κ1) is 21.2. The zero-order valence-electron chi connectivity index (χ0n) is 16.1. The summed E-state index contributed by atoms with van der Waals surface area (Å²) in [6.07, 6.45) is 0.295. The highest BCUT2D eigenvalue weighted by Gasteiger charge is 2.34. The number of fused-ring (bicyclic) bond motifs is 1. The number of hydrogen-bond donors (Lipinski definition) is 1. The molecule has 158 valence electrons. The molecule has 0 radical (unpaired) electrons. The molecule has 31 heavy (non-hydrogen) atoms. The number of halogens is 3. The second-order valence-electron chi connectivity index (χ2n) is 6.91. The van der Waals surface area contributed by atoms with Gasteiger partial charge in [-0.25, -0.2) is 4.39 Å². The molecule has 0 aliphatic carbocycles. The van der Waals surface area contributed by atoms with Crippen molar-refractivity contribution in [2.45, 2.75) is 6.42 Å². The summed E-state index contributed by atoms with van der Waals surface area (Å²) in [6, 6.07) is 13.6. The number of aromatic hydroxyl groups is 1. The SMILES string of the molecule is O=C1c2ccccc2C(=O)N1CCCOc1cc(F)cc(-c2c(Cl)cccc2Cl)c1O. The summed E-state index contributed by atoms with van der Waals surface area (Å²) in [5.41, 5.74) is 1.14. The van der Waals surface area contributed by atoms with E-state index < -0.39 is 5.82 Å². The Morgan fingerprint density at radius 3 is 2.13 bits per heavy atom. The summed E-state index contributed by atoms with van der Waals surface area (Å²) in [4.78, 5) is 25.9. The van der Waals surface area contributed by atoms with Crippen LogP contribution in [0.3, 0.4) is 0 Å². The van der Waals surface area contributed by atoms with Crippen molar-refractivity contribution in [2.24, 2.45) is 0 Å². The van der Waals surface area contributed by atoms with Gasteiger partial charge in [-0.05, 0) is 36.8 Å². The van der Waals surface area contributed by atoms with Gasteiger partial charge in [-0.3, -0.25) is 14.5 Å². The Morgan fingerprint density at radius 1 is 0.903 bits per heavy atom. The molecule has 0 saturated carbocycles. The minimum Gasteiger partial charge on any atom is -0.504 e. The maximum atomic E-state index is 14.2. The van der Waals surface area contributed by atoms with E-state index in [0.29, 0.717) is 23.1 Å². The molecule has 1 aliphatic rings. The van der Waals surface area contributed by atoms with Gasteiger partial charge in [0.25, 0.3) is 11.8 Å². The Bertz CT molecular complexity index is 1140. The number of carbonyl (C=O) groups is 2. The lowest BCUT2D eigenvalue weighted by atomic mass is 10.0. The van der Waals surface area contributed by atoms with E-state index in [1.165, 1.54) is 0 Å². The highest BCUT2D eigenvalue weighted by molar-refractivity contribution is 6.39. The molecule has 0 saturated heterocycles. The number of rotatable bonds is 6. The quantitative estimate of drug-likeness (QED) is 0.386. The third-order valence-electron chi connectivity index (χ3n) is 4.93. The number of nitrogens with zero attached hydrogens (tertiary/aromatic N) is 1. The molecule has 3 aromatic rings. The molecule has 3 aromatic carbocycles. The van der Waals surface area contributed by atoms with Crippen LogP contribution in [0.5, 0.6) is 11.5 Å². The zero-order valence-corrected chi connectivity index (χ0v) is 17.6. The molecule has 4 rings (SSSR count). The standard InChI is InChI=1S/C23H16Cl2FNO4/c24-17-7-3-8-18(25)20(17)16-11-13(26)12-19(21(16)28)31-10-4-9-27-22(29)14-5-1-2-6-15(14)23(27)30/h1-3,5-8,11-12,28H,4,9-10H2. The van der Waals surface area contributed by atoms with Crippen molar-refractivity contribution >= 4 is 35.0 Å². The predicted molar refractivity (Wildman–Crippen MR) is 115 cm³/mol. The van der Waals surface area contributed by atoms with Crippen molar-refractivity contribution in [2.75, 3.05) is 13.2 Å². The molecule has 0 unspecified atom stereocenters. The van der Waals surface area contributed by atoms with Crippen LogP contribution in [0.25, 0.3) is 11.1 Å². The molecule has 0 bridgehead atoms. The summed E-state index contributed by atoms with van der Waals surface area (Å²) in [5.74, 6) is -1.75. The highest BCUT2D eigenvalue weighted by Crippen LogP contribution is 2.44. The van der Waals surface area contributed by atoms with E-state index in [-0.39, 0.29) is 52.1 Å². The van der Waals surface area contributed by atoms with Crippen LogP contribution in [0, 0.1) is 5.82 Å². The van der Waals surface area contributed by atoms with E-state index in [0.717, 1.165) is 17.0 Å². The Hall–Kier alpha value is -3.09. The first-order valence-corrected chi connectivity index (χ1v) is 10.2. The molecule has 2 amide bonds. The second kappa shape index (κ2) is 8.57. The number of benzene rings is 3. The van der Waals surface area contributed by atoms with Crippen molar-refractivity contribution in [1.82, 2.24) is 4.90 Å². The summed E-state index contributed by atoms with van der Waals surface area (Å²) in [7, 11) is 0. The van der Waals surface area contributed by atoms with Gasteiger partial charge < -0.3 is 9.84 Å². The Kier molecular flexibility index (Phi) is 5.85. The lowest BCUT2D eigenvalue weighted by Crippen LogP contribution is -2.31. The monoisotopic (exact) mass is 459 g/mol. The van der Waals surface area contributed by atoms with Gasteiger partial charge in [0.2, 0.25) is 0 Å². The molecule has 8 heteroatoms. The molecule has 1 N–H and O–H groups in total. The number of ether oxygens (including phenoxy) is 1. The van der Waals surface area contributed by atoms with E-state index >= 15 is 0 Å². The average molecular weight is 460 g/mol. The second-order valence-corrected chi connectivity index (χ2v) is 7.72. The van der Waals surface area contributed by atoms with Crippen molar-refractivity contribution in [1.29, 1.82) is 0 Å². The predicted octanol–water partition coefficient (Wildman–Crippen LogP) is 5.57. The van der Waals surface area contributed by atoms with Gasteiger partial charge in [-0.15, -0.1) is 0 Å². The molecule has 1 heterocycles. The van der Waals surface area contributed by atoms with Crippen molar-refractivity contribution in [3.05, 3.63) is 81.6 Å². The maximum Gasteiger partial charge on any atom is 0.261 e. The number of imide groups is 1. The third-order valence-corrected chi connectivity index (χ3v) is 5.56. The molecule has 0 aromatic heterocycles. The largest absolute Gasteiger partial charge is 0.504 e. The summed E-state index contributed by atoms with van der Waals surface area (Å²) in [6.45, 7) is 0.172. The number of phenols is 1. The summed E-state index contributed by atoms with van der Waals surface area (Å²) in [5, 5.41) is 11.1. The lowest BCUT2D eigenvalue weighted by Gasteiger charge is -2.16. The molecule has 0 fully saturated rings. The van der Waals surface area contributed by atoms with Crippen LogP contribution in [0.1, 0.15) is 27.1 Å². The van der Waals surface area contributed by atoms with E-state index in [1.54, 1.807) is 42.5 Å². The molecule has 1 aliphatic heterocycles. The van der Waals surface area contributed by atoms with Gasteiger partial charge in [0.1, 0.15) is 5.82 Å². The average Bonchev–Trinajstić information content (AvgIpc) is 2.98. The zero-order chi connectivity index (χ0) is 22.1. The van der Waals surface area contributed by atoms with Crippen LogP contribution in [0.2, 0.25) is 10.0 Å². The minimum absolute atomic E-state index is 0.0418. The molecule has 5 nitrogen and oxygen atoms in total. The van der Waals surface area contributed by atoms with E-state index in [2.05, 4.69) is 0 Å². The topological polar surface area (TPSA) is 66.8 Å². The number of hydrogen-bond acceptors (Lipinski definition) is 4. The van der Waals surface area contributed by atoms with Gasteiger partial charge in [0.15, 0.2) is 11.5 Å². The third kappa shape index (κ3) is 3.96. The number of phenolic OH excluding ortho intramolecular Hbond substituents is 1. The van der Waals surface area contributed by atoms with E-state index in [9.17, 15) is 19.1 Å². The van der Waals surface area contributed by atoms with Crippen LogP contribution < -0.4 is 4.74 Å². The normalized spacial score (nSPS) is 12.9. The first-order valence-electron chi connectivity index (χ1n) is 9.43. The maximum absolute atomic E-state index is 14.2. The van der Waals surface area contributed by atoms with Gasteiger partial charge in [0.05, 0.1) is 27.8 Å². The fourth-order valence-corrected chi connectivity index (χ4v) is 4.08. The lowest BCUT2D eigenvalue weighted by molar-refractivity contribution is 0.0646. The molecular weight excluding hydrogens is 444 g/mol. The van der Waals surface area contributed by atoms with Crippen molar-refractivity contribution in [3.63, 3.8) is 0 Å². The highest BCUT2D eigenvalue weighted by atomic mass is 35.5. The summed E-state index contributed by atoms with van der Waals surface area (Å²) >= 11 is 12.4. The molecular formula is C23H16Cl2FNO4. The first-order chi connectivity index (χ1) is 14.9. The smallest absolute Gasteiger partial charge is 0.261 e. The summed E-state index contributed by atoms with van der Waals surface area (Å²) < 4.78 is 19.7. The molecule has 0 atom stereocenters. The Labute approximate surface area is 187 Å².